The summed E-state index contributed by atoms with van der Waals surface area (Å²) >= 11 is 5.58. The lowest BCUT2D eigenvalue weighted by molar-refractivity contribution is -0.235. The number of hydrogen-bond donors (Lipinski definition) is 0. The third kappa shape index (κ3) is 6.98. The number of ether oxygens (including phenoxy) is 1. The van der Waals surface area contributed by atoms with Crippen molar-refractivity contribution < 1.29 is 33.1 Å². The van der Waals surface area contributed by atoms with E-state index >= 15 is 0 Å². The second-order valence-electron chi connectivity index (χ2n) is 13.0. The molecule has 1 saturated carbocycles. The molecule has 1 fully saturated rings. The minimum atomic E-state index is -2.32. The number of aromatic nitrogens is 2. The monoisotopic (exact) mass is 586 g/mol. The largest absolute Gasteiger partial charge is 0.529 e. The molecule has 0 unspecified atom stereocenters. The average molecular weight is 587 g/mol. The van der Waals surface area contributed by atoms with Gasteiger partial charge in [-0.25, -0.2) is 9.68 Å². The van der Waals surface area contributed by atoms with Gasteiger partial charge in [0.15, 0.2) is 11.1 Å². The number of thiocarbonyl (C=S) groups is 1. The van der Waals surface area contributed by atoms with Crippen LogP contribution < -0.4 is 8.95 Å². The van der Waals surface area contributed by atoms with Crippen molar-refractivity contribution in [3.05, 3.63) is 12.0 Å². The van der Waals surface area contributed by atoms with Crippen LogP contribution in [0.2, 0.25) is 36.3 Å². The summed E-state index contributed by atoms with van der Waals surface area (Å²) in [7, 11) is -4.63. The molecule has 0 bridgehead atoms. The standard InChI is InChI=1S/C26H46N2O7SSi2/c1-12-31-22(29)26(16-14-13-15-17-26)23(30)33-32-21(36)19-20(34-37(8,9)24(2,3)4)27-18-28(19)35-38(10,11)25(5,6)7/h18H,12-17H2,1-11H3. The summed E-state index contributed by atoms with van der Waals surface area (Å²) in [5.74, 6) is -1.14. The molecule has 0 radical (unpaired) electrons. The van der Waals surface area contributed by atoms with Gasteiger partial charge < -0.3 is 13.7 Å². The number of imidazole rings is 1. The van der Waals surface area contributed by atoms with Crippen molar-refractivity contribution in [1.29, 1.82) is 0 Å². The molecular formula is C26H46N2O7SSi2. The van der Waals surface area contributed by atoms with Crippen LogP contribution >= 0.6 is 12.2 Å². The smallest absolute Gasteiger partial charge is 0.372 e. The van der Waals surface area contributed by atoms with Gasteiger partial charge in [0, 0.05) is 0 Å². The zero-order valence-electron chi connectivity index (χ0n) is 25.0. The van der Waals surface area contributed by atoms with E-state index in [1.54, 1.807) is 6.92 Å². The Morgan fingerprint density at radius 3 is 2.00 bits per heavy atom. The average Bonchev–Trinajstić information content (AvgIpc) is 3.16. The summed E-state index contributed by atoms with van der Waals surface area (Å²) in [5, 5.41) is -0.370. The number of rotatable bonds is 8. The van der Waals surface area contributed by atoms with Gasteiger partial charge in [-0.3, -0.25) is 9.68 Å². The fraction of sp³-hybridized carbons (Fsp3) is 0.769. The van der Waals surface area contributed by atoms with Crippen molar-refractivity contribution in [2.24, 2.45) is 5.41 Å². The van der Waals surface area contributed by atoms with Crippen molar-refractivity contribution in [2.75, 3.05) is 6.61 Å². The number of carbonyl (C=O) groups excluding carboxylic acids is 2. The Morgan fingerprint density at radius 1 is 0.947 bits per heavy atom. The van der Waals surface area contributed by atoms with Crippen molar-refractivity contribution in [2.45, 2.75) is 117 Å². The first-order chi connectivity index (χ1) is 17.3. The molecule has 0 saturated heterocycles. The van der Waals surface area contributed by atoms with Crippen LogP contribution in [0.3, 0.4) is 0 Å². The van der Waals surface area contributed by atoms with Crippen molar-refractivity contribution in [3.8, 4) is 5.88 Å². The molecule has 2 rings (SSSR count). The van der Waals surface area contributed by atoms with Crippen LogP contribution in [0.4, 0.5) is 0 Å². The van der Waals surface area contributed by atoms with E-state index in [1.807, 2.05) is 0 Å². The maximum atomic E-state index is 13.2. The zero-order valence-corrected chi connectivity index (χ0v) is 27.8. The number of hydrogen-bond acceptors (Lipinski definition) is 9. The van der Waals surface area contributed by atoms with Crippen LogP contribution in [0.1, 0.15) is 86.3 Å². The SMILES string of the molecule is CCOC(=O)C1(C(=O)OOC(=S)c2c(O[Si](C)(C)C(C)(C)C)ncn2O[Si](C)(C)C(C)(C)C)CCCCC1. The Balaban J connectivity index is 2.39. The molecule has 1 heterocycles. The summed E-state index contributed by atoms with van der Waals surface area (Å²) in [6.45, 7) is 23.0. The highest BCUT2D eigenvalue weighted by Crippen LogP contribution is 2.41. The third-order valence-corrected chi connectivity index (χ3v) is 17.0. The molecular weight excluding hydrogens is 541 g/mol. The second kappa shape index (κ2) is 11.7. The number of esters is 1. The van der Waals surface area contributed by atoms with Gasteiger partial charge in [-0.1, -0.05) is 60.8 Å². The van der Waals surface area contributed by atoms with Crippen LogP contribution in [0.5, 0.6) is 5.88 Å². The molecule has 1 aliphatic rings. The Labute approximate surface area is 235 Å². The summed E-state index contributed by atoms with van der Waals surface area (Å²) < 4.78 is 19.6. The first kappa shape index (κ1) is 32.3. The van der Waals surface area contributed by atoms with E-state index in [1.165, 1.54) is 11.1 Å². The molecule has 38 heavy (non-hydrogen) atoms. The van der Waals surface area contributed by atoms with E-state index in [0.29, 0.717) is 12.8 Å². The van der Waals surface area contributed by atoms with Gasteiger partial charge in [0.1, 0.15) is 6.33 Å². The lowest BCUT2D eigenvalue weighted by atomic mass is 9.74. The van der Waals surface area contributed by atoms with Gasteiger partial charge in [0.2, 0.25) is 5.88 Å². The Bertz CT molecular complexity index is 974. The quantitative estimate of drug-likeness (QED) is 0.0860. The van der Waals surface area contributed by atoms with Gasteiger partial charge in [0.25, 0.3) is 21.7 Å². The van der Waals surface area contributed by atoms with Crippen LogP contribution in [0, 0.1) is 5.41 Å². The Kier molecular flexibility index (Phi) is 9.91. The number of nitrogens with zero attached hydrogens (tertiary/aromatic N) is 2. The van der Waals surface area contributed by atoms with Crippen molar-refractivity contribution in [1.82, 2.24) is 9.71 Å². The molecule has 9 nitrogen and oxygen atoms in total. The highest BCUT2D eigenvalue weighted by atomic mass is 32.1. The normalized spacial score (nSPS) is 16.4. The fourth-order valence-corrected chi connectivity index (χ4v) is 5.58. The first-order valence-corrected chi connectivity index (χ1v) is 19.6. The predicted molar refractivity (Wildman–Crippen MR) is 155 cm³/mol. The molecule has 1 aromatic heterocycles. The third-order valence-electron chi connectivity index (χ3n) is 8.14. The topological polar surface area (TPSA) is 98.1 Å². The minimum absolute atomic E-state index is 0.100. The molecule has 0 aromatic carbocycles. The maximum absolute atomic E-state index is 13.2. The molecule has 216 valence electrons. The van der Waals surface area contributed by atoms with Crippen molar-refractivity contribution >= 4 is 45.8 Å². The van der Waals surface area contributed by atoms with E-state index in [-0.39, 0.29) is 33.3 Å². The maximum Gasteiger partial charge on any atom is 0.372 e. The van der Waals surface area contributed by atoms with Gasteiger partial charge in [-0.15, -0.1) is 0 Å². The lowest BCUT2D eigenvalue weighted by Crippen LogP contribution is -2.48. The fourth-order valence-electron chi connectivity index (χ4n) is 3.53. The van der Waals surface area contributed by atoms with Crippen LogP contribution in [-0.4, -0.2) is 49.9 Å². The summed E-state index contributed by atoms with van der Waals surface area (Å²) in [6, 6.07) is 0. The molecule has 12 heteroatoms. The van der Waals surface area contributed by atoms with E-state index < -0.39 is 34.0 Å². The summed E-state index contributed by atoms with van der Waals surface area (Å²) in [5.41, 5.74) is -1.14. The lowest BCUT2D eigenvalue weighted by Gasteiger charge is -2.37. The van der Waals surface area contributed by atoms with Crippen LogP contribution in [0.15, 0.2) is 6.33 Å². The highest BCUT2D eigenvalue weighted by molar-refractivity contribution is 7.80. The molecule has 0 spiro atoms. The molecule has 0 aliphatic heterocycles. The van der Waals surface area contributed by atoms with Crippen molar-refractivity contribution in [3.63, 3.8) is 0 Å². The summed E-state index contributed by atoms with van der Waals surface area (Å²) in [4.78, 5) is 41.1. The van der Waals surface area contributed by atoms with Gasteiger partial charge in [-0.05, 0) is 68.2 Å². The zero-order chi connectivity index (χ0) is 29.2. The molecule has 0 N–H and O–H groups in total. The van der Waals surface area contributed by atoms with E-state index in [0.717, 1.165) is 19.3 Å². The Hall–Kier alpha value is -1.93. The summed E-state index contributed by atoms with van der Waals surface area (Å²) in [6.07, 6.45) is 4.56. The minimum Gasteiger partial charge on any atom is -0.529 e. The Morgan fingerprint density at radius 2 is 1.50 bits per heavy atom. The number of carbonyl (C=O) groups is 2. The van der Waals surface area contributed by atoms with Crippen LogP contribution in [0.25, 0.3) is 0 Å². The molecule has 0 amide bonds. The van der Waals surface area contributed by atoms with E-state index in [9.17, 15) is 9.59 Å². The first-order valence-electron chi connectivity index (χ1n) is 13.4. The van der Waals surface area contributed by atoms with Gasteiger partial charge in [0.05, 0.1) is 6.61 Å². The highest BCUT2D eigenvalue weighted by Gasteiger charge is 2.51. The molecule has 1 aromatic rings. The van der Waals surface area contributed by atoms with E-state index in [4.69, 9.17) is 35.7 Å². The predicted octanol–water partition coefficient (Wildman–Crippen LogP) is 6.36. The second-order valence-corrected chi connectivity index (χ2v) is 22.8. The van der Waals surface area contributed by atoms with Crippen LogP contribution in [-0.2, 0) is 24.1 Å². The van der Waals surface area contributed by atoms with Gasteiger partial charge >= 0.3 is 11.9 Å². The van der Waals surface area contributed by atoms with E-state index in [2.05, 4.69) is 72.7 Å². The van der Waals surface area contributed by atoms with Gasteiger partial charge in [-0.2, -0.15) is 9.71 Å². The molecule has 0 atom stereocenters. The molecule has 1 aliphatic carbocycles.